The maximum atomic E-state index is 13.0. The zero-order chi connectivity index (χ0) is 18.4. The maximum absolute atomic E-state index is 13.0. The van der Waals surface area contributed by atoms with Crippen molar-refractivity contribution in [2.75, 3.05) is 6.61 Å². The summed E-state index contributed by atoms with van der Waals surface area (Å²) in [7, 11) is 0. The number of pyridine rings is 1. The van der Waals surface area contributed by atoms with Gasteiger partial charge in [-0.15, -0.1) is 0 Å². The molecule has 7 heteroatoms. The number of hydrogen-bond donors (Lipinski definition) is 1. The molecule has 0 spiro atoms. The Morgan fingerprint density at radius 3 is 2.56 bits per heavy atom. The number of carbonyl (C=O) groups excluding carboxylic acids is 2. The predicted molar refractivity (Wildman–Crippen MR) is 93.0 cm³/mol. The molecule has 0 atom stereocenters. The van der Waals surface area contributed by atoms with E-state index in [2.05, 4.69) is 20.9 Å². The van der Waals surface area contributed by atoms with Crippen LogP contribution in [-0.4, -0.2) is 28.4 Å². The number of ketones is 1. The fourth-order valence-corrected chi connectivity index (χ4v) is 2.67. The largest absolute Gasteiger partial charge is 0.504 e. The van der Waals surface area contributed by atoms with Crippen LogP contribution in [-0.2, 0) is 16.0 Å². The highest BCUT2D eigenvalue weighted by Crippen LogP contribution is 2.29. The summed E-state index contributed by atoms with van der Waals surface area (Å²) in [6.07, 6.45) is 0.191. The number of carbonyl (C=O) groups is 2. The summed E-state index contributed by atoms with van der Waals surface area (Å²) in [5.41, 5.74) is 1.25. The van der Waals surface area contributed by atoms with Gasteiger partial charge in [0, 0.05) is 18.5 Å². The van der Waals surface area contributed by atoms with Gasteiger partial charge in [0.2, 0.25) is 0 Å². The number of hydrogen-bond acceptors (Lipinski definition) is 5. The van der Waals surface area contributed by atoms with Crippen LogP contribution >= 0.6 is 15.9 Å². The van der Waals surface area contributed by atoms with Crippen molar-refractivity contribution in [3.8, 4) is 5.75 Å². The molecule has 1 aromatic carbocycles. The molecule has 0 aliphatic heterocycles. The van der Waals surface area contributed by atoms with Gasteiger partial charge in [-0.25, -0.2) is 9.37 Å². The van der Waals surface area contributed by atoms with Gasteiger partial charge in [0.1, 0.15) is 11.5 Å². The summed E-state index contributed by atoms with van der Waals surface area (Å²) in [5, 5.41) is 10.1. The van der Waals surface area contributed by atoms with Gasteiger partial charge < -0.3 is 9.84 Å². The molecule has 0 aliphatic rings. The first-order valence-corrected chi connectivity index (χ1v) is 8.51. The van der Waals surface area contributed by atoms with E-state index in [-0.39, 0.29) is 36.7 Å². The van der Waals surface area contributed by atoms with Crippen LogP contribution in [0.5, 0.6) is 5.75 Å². The Balaban J connectivity index is 2.17. The van der Waals surface area contributed by atoms with Gasteiger partial charge in [0.25, 0.3) is 0 Å². The number of esters is 1. The Morgan fingerprint density at radius 2 is 1.92 bits per heavy atom. The highest BCUT2D eigenvalue weighted by Gasteiger charge is 2.19. The zero-order valence-electron chi connectivity index (χ0n) is 13.6. The van der Waals surface area contributed by atoms with Crippen molar-refractivity contribution in [2.45, 2.75) is 26.2 Å². The summed E-state index contributed by atoms with van der Waals surface area (Å²) in [6.45, 7) is 1.93. The first kappa shape index (κ1) is 19.1. The second kappa shape index (κ2) is 8.71. The van der Waals surface area contributed by atoms with Crippen LogP contribution in [0.15, 0.2) is 34.8 Å². The maximum Gasteiger partial charge on any atom is 0.306 e. The molecular weight excluding hydrogens is 393 g/mol. The molecule has 0 amide bonds. The highest BCUT2D eigenvalue weighted by atomic mass is 79.9. The molecule has 0 radical (unpaired) electrons. The van der Waals surface area contributed by atoms with E-state index in [1.807, 2.05) is 0 Å². The summed E-state index contributed by atoms with van der Waals surface area (Å²) < 4.78 is 18.1. The average Bonchev–Trinajstić information content (AvgIpc) is 2.58. The van der Waals surface area contributed by atoms with Crippen molar-refractivity contribution in [1.29, 1.82) is 0 Å². The molecule has 0 bridgehead atoms. The first-order chi connectivity index (χ1) is 11.9. The Bertz CT molecular complexity index is 777. The third-order valence-corrected chi connectivity index (χ3v) is 4.03. The average molecular weight is 410 g/mol. The normalized spacial score (nSPS) is 10.5. The fourth-order valence-electron chi connectivity index (χ4n) is 2.22. The number of halogens is 2. The lowest BCUT2D eigenvalue weighted by Gasteiger charge is -2.09. The minimum atomic E-state index is -0.475. The van der Waals surface area contributed by atoms with Crippen LogP contribution in [0.4, 0.5) is 4.39 Å². The number of rotatable bonds is 7. The van der Waals surface area contributed by atoms with Crippen LogP contribution in [0.1, 0.15) is 41.5 Å². The molecular formula is C18H17BrFNO4. The van der Waals surface area contributed by atoms with Gasteiger partial charge in [-0.3, -0.25) is 9.59 Å². The molecule has 1 aromatic heterocycles. The number of benzene rings is 1. The van der Waals surface area contributed by atoms with Crippen LogP contribution in [0, 0.1) is 5.82 Å². The van der Waals surface area contributed by atoms with Crippen LogP contribution in [0.25, 0.3) is 0 Å². The van der Waals surface area contributed by atoms with E-state index in [0.717, 1.165) is 5.56 Å². The molecule has 0 saturated carbocycles. The van der Waals surface area contributed by atoms with Gasteiger partial charge in [-0.2, -0.15) is 0 Å². The van der Waals surface area contributed by atoms with Gasteiger partial charge >= 0.3 is 5.97 Å². The lowest BCUT2D eigenvalue weighted by molar-refractivity contribution is -0.143. The van der Waals surface area contributed by atoms with Gasteiger partial charge in [0.15, 0.2) is 11.5 Å². The molecule has 5 nitrogen and oxygen atoms in total. The van der Waals surface area contributed by atoms with E-state index in [9.17, 15) is 19.1 Å². The van der Waals surface area contributed by atoms with Crippen LogP contribution in [0.3, 0.4) is 0 Å². The minimum absolute atomic E-state index is 0.0758. The molecule has 0 aliphatic carbocycles. The van der Waals surface area contributed by atoms with Crippen molar-refractivity contribution < 1.29 is 23.8 Å². The van der Waals surface area contributed by atoms with E-state index >= 15 is 0 Å². The lowest BCUT2D eigenvalue weighted by Crippen LogP contribution is -2.10. The Labute approximate surface area is 153 Å². The van der Waals surface area contributed by atoms with Crippen molar-refractivity contribution in [2.24, 2.45) is 0 Å². The Kier molecular flexibility index (Phi) is 6.64. The zero-order valence-corrected chi connectivity index (χ0v) is 15.2. The number of aromatic nitrogens is 1. The van der Waals surface area contributed by atoms with E-state index in [0.29, 0.717) is 16.6 Å². The predicted octanol–water partition coefficient (Wildman–Crippen LogP) is 3.81. The quantitative estimate of drug-likeness (QED) is 0.555. The van der Waals surface area contributed by atoms with Crippen LogP contribution in [0.2, 0.25) is 0 Å². The van der Waals surface area contributed by atoms with E-state index in [4.69, 9.17) is 4.74 Å². The summed E-state index contributed by atoms with van der Waals surface area (Å²) >= 11 is 3.20. The number of ether oxygens (including phenoxy) is 1. The molecule has 2 aromatic rings. The van der Waals surface area contributed by atoms with Crippen molar-refractivity contribution in [3.63, 3.8) is 0 Å². The van der Waals surface area contributed by atoms with Crippen molar-refractivity contribution in [1.82, 2.24) is 4.98 Å². The topological polar surface area (TPSA) is 76.5 Å². The van der Waals surface area contributed by atoms with Crippen LogP contribution < -0.4 is 0 Å². The monoisotopic (exact) mass is 409 g/mol. The standard InChI is InChI=1S/C18H17BrFNO4/c1-2-25-16(23)8-7-15(22)17-18(24)14(19)10-13(21-17)9-11-3-5-12(20)6-4-11/h3-6,10,24H,2,7-9H2,1H3. The molecule has 1 heterocycles. The second-order valence-electron chi connectivity index (χ2n) is 5.32. The van der Waals surface area contributed by atoms with E-state index < -0.39 is 11.8 Å². The van der Waals surface area contributed by atoms with E-state index in [1.54, 1.807) is 25.1 Å². The summed E-state index contributed by atoms with van der Waals surface area (Å²) in [6, 6.07) is 7.53. The van der Waals surface area contributed by atoms with Crippen molar-refractivity contribution >= 4 is 27.7 Å². The Morgan fingerprint density at radius 1 is 1.24 bits per heavy atom. The van der Waals surface area contributed by atoms with Gasteiger partial charge in [-0.05, 0) is 46.6 Å². The first-order valence-electron chi connectivity index (χ1n) is 7.72. The number of Topliss-reactive ketones (excluding diaryl/α,β-unsaturated/α-hetero) is 1. The minimum Gasteiger partial charge on any atom is -0.504 e. The molecule has 1 N–H and O–H groups in total. The fraction of sp³-hybridized carbons (Fsp3) is 0.278. The smallest absolute Gasteiger partial charge is 0.306 e. The second-order valence-corrected chi connectivity index (χ2v) is 6.18. The Hall–Kier alpha value is -2.28. The van der Waals surface area contributed by atoms with Crippen molar-refractivity contribution in [3.05, 3.63) is 57.6 Å². The highest BCUT2D eigenvalue weighted by molar-refractivity contribution is 9.10. The number of nitrogens with zero attached hydrogens (tertiary/aromatic N) is 1. The molecule has 0 unspecified atom stereocenters. The molecule has 0 fully saturated rings. The lowest BCUT2D eigenvalue weighted by atomic mass is 10.1. The third kappa shape index (κ3) is 5.35. The van der Waals surface area contributed by atoms with E-state index in [1.165, 1.54) is 12.1 Å². The summed E-state index contributed by atoms with van der Waals surface area (Å²) in [4.78, 5) is 27.8. The summed E-state index contributed by atoms with van der Waals surface area (Å²) in [5.74, 6) is -1.53. The SMILES string of the molecule is CCOC(=O)CCC(=O)c1nc(Cc2ccc(F)cc2)cc(Br)c1O. The molecule has 25 heavy (non-hydrogen) atoms. The van der Waals surface area contributed by atoms with Gasteiger partial charge in [0.05, 0.1) is 17.5 Å². The molecule has 132 valence electrons. The number of aromatic hydroxyl groups is 1. The molecule has 2 rings (SSSR count). The third-order valence-electron chi connectivity index (χ3n) is 3.42. The van der Waals surface area contributed by atoms with Gasteiger partial charge in [-0.1, -0.05) is 12.1 Å². The molecule has 0 saturated heterocycles.